The number of halogens is 2. The quantitative estimate of drug-likeness (QED) is 0.776. The first-order valence-corrected chi connectivity index (χ1v) is 7.28. The van der Waals surface area contributed by atoms with E-state index in [4.69, 9.17) is 6.42 Å². The number of sulfonamides is 1. The predicted molar refractivity (Wildman–Crippen MR) is 66.7 cm³/mol. The summed E-state index contributed by atoms with van der Waals surface area (Å²) in [5.41, 5.74) is 0. The molecule has 102 valence electrons. The van der Waals surface area contributed by atoms with Gasteiger partial charge in [0.2, 0.25) is 10.0 Å². The fourth-order valence-corrected chi connectivity index (χ4v) is 3.17. The van der Waals surface area contributed by atoms with Crippen LogP contribution >= 0.6 is 0 Å². The molecular weight excluding hydrogens is 272 g/mol. The SMILES string of the molecule is C#CCN(CC1CC1)S(=O)(=O)c1ccc(F)c(F)c1. The number of nitrogens with zero attached hydrogens (tertiary/aromatic N) is 1. The van der Waals surface area contributed by atoms with Gasteiger partial charge >= 0.3 is 0 Å². The minimum absolute atomic E-state index is 0.0716. The molecule has 6 heteroatoms. The van der Waals surface area contributed by atoms with Crippen LogP contribution in [0, 0.1) is 29.9 Å². The van der Waals surface area contributed by atoms with E-state index in [1.54, 1.807) is 0 Å². The van der Waals surface area contributed by atoms with Crippen molar-refractivity contribution in [3.63, 3.8) is 0 Å². The Morgan fingerprint density at radius 3 is 2.53 bits per heavy atom. The van der Waals surface area contributed by atoms with Crippen molar-refractivity contribution in [3.8, 4) is 12.3 Å². The molecular formula is C13H13F2NO2S. The summed E-state index contributed by atoms with van der Waals surface area (Å²) in [4.78, 5) is -0.276. The van der Waals surface area contributed by atoms with Gasteiger partial charge in [-0.3, -0.25) is 0 Å². The number of rotatable bonds is 5. The Bertz CT molecular complexity index is 618. The summed E-state index contributed by atoms with van der Waals surface area (Å²) in [5.74, 6) is 0.329. The van der Waals surface area contributed by atoms with E-state index in [-0.39, 0.29) is 11.4 Å². The van der Waals surface area contributed by atoms with E-state index in [0.717, 1.165) is 29.3 Å². The summed E-state index contributed by atoms with van der Waals surface area (Å²) in [7, 11) is -3.87. The van der Waals surface area contributed by atoms with Crippen molar-refractivity contribution in [3.05, 3.63) is 29.8 Å². The van der Waals surface area contributed by atoms with E-state index in [2.05, 4.69) is 5.92 Å². The molecule has 0 heterocycles. The molecule has 19 heavy (non-hydrogen) atoms. The Labute approximate surface area is 111 Å². The van der Waals surface area contributed by atoms with Crippen molar-refractivity contribution in [2.75, 3.05) is 13.1 Å². The first-order valence-electron chi connectivity index (χ1n) is 5.84. The van der Waals surface area contributed by atoms with Crippen LogP contribution in [0.1, 0.15) is 12.8 Å². The van der Waals surface area contributed by atoms with E-state index in [1.807, 2.05) is 0 Å². The average Bonchev–Trinajstić information content (AvgIpc) is 3.16. The largest absolute Gasteiger partial charge is 0.244 e. The molecule has 0 atom stereocenters. The van der Waals surface area contributed by atoms with Crippen LogP contribution in [-0.4, -0.2) is 25.8 Å². The Kier molecular flexibility index (Phi) is 3.88. The monoisotopic (exact) mass is 285 g/mol. The number of terminal acetylenes is 1. The van der Waals surface area contributed by atoms with E-state index >= 15 is 0 Å². The van der Waals surface area contributed by atoms with E-state index in [9.17, 15) is 17.2 Å². The maximum absolute atomic E-state index is 13.1. The highest BCUT2D eigenvalue weighted by Crippen LogP contribution is 2.31. The molecule has 0 spiro atoms. The van der Waals surface area contributed by atoms with Gasteiger partial charge in [0.15, 0.2) is 11.6 Å². The second-order valence-electron chi connectivity index (χ2n) is 4.52. The maximum atomic E-state index is 13.1. The lowest BCUT2D eigenvalue weighted by molar-refractivity contribution is 0.429. The smallest absolute Gasteiger partial charge is 0.207 e. The highest BCUT2D eigenvalue weighted by molar-refractivity contribution is 7.89. The summed E-state index contributed by atoms with van der Waals surface area (Å²) < 4.78 is 51.7. The van der Waals surface area contributed by atoms with E-state index in [0.29, 0.717) is 18.5 Å². The van der Waals surface area contributed by atoms with Gasteiger partial charge in [-0.05, 0) is 37.0 Å². The molecule has 2 rings (SSSR count). The topological polar surface area (TPSA) is 37.4 Å². The summed E-state index contributed by atoms with van der Waals surface area (Å²) >= 11 is 0. The average molecular weight is 285 g/mol. The van der Waals surface area contributed by atoms with Crippen molar-refractivity contribution in [2.24, 2.45) is 5.92 Å². The van der Waals surface area contributed by atoms with Crippen LogP contribution in [0.4, 0.5) is 8.78 Å². The van der Waals surface area contributed by atoms with Crippen LogP contribution in [-0.2, 0) is 10.0 Å². The summed E-state index contributed by atoms with van der Waals surface area (Å²) in [6.07, 6.45) is 7.10. The summed E-state index contributed by atoms with van der Waals surface area (Å²) in [6.45, 7) is 0.253. The van der Waals surface area contributed by atoms with Crippen molar-refractivity contribution < 1.29 is 17.2 Å². The van der Waals surface area contributed by atoms with Gasteiger partial charge in [0, 0.05) is 6.54 Å². The molecule has 0 unspecified atom stereocenters. The Morgan fingerprint density at radius 2 is 2.00 bits per heavy atom. The fraction of sp³-hybridized carbons (Fsp3) is 0.385. The molecule has 1 aliphatic rings. The number of hydrogen-bond acceptors (Lipinski definition) is 2. The van der Waals surface area contributed by atoms with Crippen LogP contribution in [0.15, 0.2) is 23.1 Å². The first-order chi connectivity index (χ1) is 8.95. The molecule has 3 nitrogen and oxygen atoms in total. The Balaban J connectivity index is 2.32. The first kappa shape index (κ1) is 14.0. The van der Waals surface area contributed by atoms with E-state index < -0.39 is 21.7 Å². The fourth-order valence-electron chi connectivity index (χ4n) is 1.72. The Morgan fingerprint density at radius 1 is 1.32 bits per heavy atom. The van der Waals surface area contributed by atoms with Crippen LogP contribution < -0.4 is 0 Å². The summed E-state index contributed by atoms with van der Waals surface area (Å²) in [6, 6.07) is 2.53. The molecule has 1 aliphatic carbocycles. The lowest BCUT2D eigenvalue weighted by Crippen LogP contribution is -2.33. The normalized spacial score (nSPS) is 15.5. The zero-order valence-electron chi connectivity index (χ0n) is 10.1. The molecule has 0 bridgehead atoms. The highest BCUT2D eigenvalue weighted by atomic mass is 32.2. The molecule has 0 aromatic heterocycles. The molecule has 0 amide bonds. The molecule has 0 radical (unpaired) electrons. The minimum atomic E-state index is -3.87. The molecule has 0 aliphatic heterocycles. The zero-order valence-corrected chi connectivity index (χ0v) is 11.0. The van der Waals surface area contributed by atoms with Gasteiger partial charge in [-0.2, -0.15) is 4.31 Å². The number of benzene rings is 1. The van der Waals surface area contributed by atoms with Gasteiger partial charge in [0.05, 0.1) is 11.4 Å². The summed E-state index contributed by atoms with van der Waals surface area (Å²) in [5, 5.41) is 0. The van der Waals surface area contributed by atoms with Crippen molar-refractivity contribution in [1.82, 2.24) is 4.31 Å². The lowest BCUT2D eigenvalue weighted by Gasteiger charge is -2.19. The van der Waals surface area contributed by atoms with Gasteiger partial charge in [0.1, 0.15) is 0 Å². The molecule has 1 aromatic carbocycles. The van der Waals surface area contributed by atoms with Crippen molar-refractivity contribution in [1.29, 1.82) is 0 Å². The third kappa shape index (κ3) is 3.11. The van der Waals surface area contributed by atoms with E-state index in [1.165, 1.54) is 0 Å². The molecule has 1 fully saturated rings. The van der Waals surface area contributed by atoms with Crippen LogP contribution in [0.2, 0.25) is 0 Å². The number of hydrogen-bond donors (Lipinski definition) is 0. The second-order valence-corrected chi connectivity index (χ2v) is 6.46. The minimum Gasteiger partial charge on any atom is -0.207 e. The van der Waals surface area contributed by atoms with Crippen LogP contribution in [0.25, 0.3) is 0 Å². The van der Waals surface area contributed by atoms with Crippen molar-refractivity contribution >= 4 is 10.0 Å². The van der Waals surface area contributed by atoms with Gasteiger partial charge in [-0.1, -0.05) is 5.92 Å². The molecule has 1 saturated carbocycles. The van der Waals surface area contributed by atoms with Gasteiger partial charge in [0.25, 0.3) is 0 Å². The van der Waals surface area contributed by atoms with Gasteiger partial charge in [-0.25, -0.2) is 17.2 Å². The van der Waals surface area contributed by atoms with Crippen LogP contribution in [0.3, 0.4) is 0 Å². The Hall–Kier alpha value is -1.45. The van der Waals surface area contributed by atoms with Crippen LogP contribution in [0.5, 0.6) is 0 Å². The zero-order chi connectivity index (χ0) is 14.0. The third-order valence-electron chi connectivity index (χ3n) is 2.96. The molecule has 0 saturated heterocycles. The van der Waals surface area contributed by atoms with Crippen molar-refractivity contribution in [2.45, 2.75) is 17.7 Å². The molecule has 0 N–H and O–H groups in total. The second kappa shape index (κ2) is 5.27. The van der Waals surface area contributed by atoms with Gasteiger partial charge < -0.3 is 0 Å². The molecule has 1 aromatic rings. The lowest BCUT2D eigenvalue weighted by atomic mass is 10.3. The third-order valence-corrected chi connectivity index (χ3v) is 4.76. The standard InChI is InChI=1S/C13H13F2NO2S/c1-2-7-16(9-10-3-4-10)19(17,18)11-5-6-12(14)13(15)8-11/h1,5-6,8,10H,3-4,7,9H2. The predicted octanol–water partition coefficient (Wildman–Crippen LogP) is 2.00. The van der Waals surface area contributed by atoms with Gasteiger partial charge in [-0.15, -0.1) is 6.42 Å². The highest BCUT2D eigenvalue weighted by Gasteiger charge is 2.31. The maximum Gasteiger partial charge on any atom is 0.244 e.